The number of benzene rings is 2. The van der Waals surface area contributed by atoms with Gasteiger partial charge in [-0.15, -0.1) is 10.2 Å². The maximum Gasteiger partial charge on any atom is 0.234 e. The van der Waals surface area contributed by atoms with E-state index in [2.05, 4.69) is 15.5 Å². The summed E-state index contributed by atoms with van der Waals surface area (Å²) < 4.78 is 1.97. The molecule has 128 valence electrons. The molecule has 5 nitrogen and oxygen atoms in total. The Hall–Kier alpha value is -2.31. The van der Waals surface area contributed by atoms with Gasteiger partial charge < -0.3 is 5.32 Å². The molecule has 0 spiro atoms. The molecule has 3 rings (SSSR count). The van der Waals surface area contributed by atoms with Gasteiger partial charge in [-0.25, -0.2) is 0 Å². The minimum Gasteiger partial charge on any atom is -0.325 e. The van der Waals surface area contributed by atoms with E-state index >= 15 is 0 Å². The number of nitrogens with zero attached hydrogens (tertiary/aromatic N) is 3. The van der Waals surface area contributed by atoms with Crippen molar-refractivity contribution in [2.75, 3.05) is 11.1 Å². The first-order valence-corrected chi connectivity index (χ1v) is 9.07. The number of hydrogen-bond acceptors (Lipinski definition) is 4. The summed E-state index contributed by atoms with van der Waals surface area (Å²) in [6.45, 7) is 3.94. The third-order valence-electron chi connectivity index (χ3n) is 3.61. The molecular formula is C18H17ClN4OS. The number of para-hydroxylation sites is 1. The van der Waals surface area contributed by atoms with Gasteiger partial charge in [-0.1, -0.05) is 41.6 Å². The van der Waals surface area contributed by atoms with Crippen LogP contribution < -0.4 is 5.32 Å². The number of aromatic nitrogens is 3. The highest BCUT2D eigenvalue weighted by atomic mass is 35.5. The molecule has 0 fully saturated rings. The first-order chi connectivity index (χ1) is 12.0. The van der Waals surface area contributed by atoms with Gasteiger partial charge in [0.15, 0.2) is 5.16 Å². The second-order valence-corrected chi connectivity index (χ2v) is 6.87. The second-order valence-electron chi connectivity index (χ2n) is 5.50. The zero-order valence-electron chi connectivity index (χ0n) is 13.9. The lowest BCUT2D eigenvalue weighted by atomic mass is 10.2. The Bertz CT molecular complexity index is 892. The fourth-order valence-electron chi connectivity index (χ4n) is 2.39. The van der Waals surface area contributed by atoms with Gasteiger partial charge >= 0.3 is 0 Å². The fourth-order valence-corrected chi connectivity index (χ4v) is 3.30. The van der Waals surface area contributed by atoms with E-state index < -0.39 is 0 Å². The Kier molecular flexibility index (Phi) is 5.40. The Labute approximate surface area is 155 Å². The van der Waals surface area contributed by atoms with E-state index in [1.54, 1.807) is 24.3 Å². The third kappa shape index (κ3) is 4.21. The van der Waals surface area contributed by atoms with Crippen LogP contribution in [0.2, 0.25) is 5.02 Å². The van der Waals surface area contributed by atoms with Crippen LogP contribution in [0.3, 0.4) is 0 Å². The van der Waals surface area contributed by atoms with Crippen molar-refractivity contribution in [1.82, 2.24) is 14.8 Å². The summed E-state index contributed by atoms with van der Waals surface area (Å²) in [5.74, 6) is 0.923. The minimum absolute atomic E-state index is 0.107. The zero-order valence-corrected chi connectivity index (χ0v) is 15.4. The van der Waals surface area contributed by atoms with Crippen molar-refractivity contribution >= 4 is 35.0 Å². The molecule has 2 aromatic carbocycles. The zero-order chi connectivity index (χ0) is 17.8. The molecule has 1 aromatic heterocycles. The normalized spacial score (nSPS) is 10.7. The van der Waals surface area contributed by atoms with Crippen molar-refractivity contribution in [2.24, 2.45) is 0 Å². The van der Waals surface area contributed by atoms with Crippen molar-refractivity contribution in [3.8, 4) is 5.69 Å². The molecule has 0 unspecified atom stereocenters. The molecule has 0 saturated carbocycles. The van der Waals surface area contributed by atoms with Crippen LogP contribution >= 0.6 is 23.4 Å². The number of hydrogen-bond donors (Lipinski definition) is 1. The molecular weight excluding hydrogens is 356 g/mol. The Balaban J connectivity index is 1.71. The number of nitrogens with one attached hydrogen (secondary N) is 1. The molecule has 0 radical (unpaired) electrons. The van der Waals surface area contributed by atoms with E-state index in [9.17, 15) is 4.79 Å². The van der Waals surface area contributed by atoms with Gasteiger partial charge in [0.1, 0.15) is 5.82 Å². The summed E-state index contributed by atoms with van der Waals surface area (Å²) in [7, 11) is 0. The van der Waals surface area contributed by atoms with Crippen molar-refractivity contribution in [1.29, 1.82) is 0 Å². The third-order valence-corrected chi connectivity index (χ3v) is 4.79. The molecule has 0 aliphatic carbocycles. The number of anilines is 1. The lowest BCUT2D eigenvalue weighted by Gasteiger charge is -2.11. The summed E-state index contributed by atoms with van der Waals surface area (Å²) in [5, 5.41) is 12.5. The second kappa shape index (κ2) is 7.72. The topological polar surface area (TPSA) is 59.8 Å². The molecule has 3 aromatic rings. The lowest BCUT2D eigenvalue weighted by Crippen LogP contribution is -2.14. The van der Waals surface area contributed by atoms with Gasteiger partial charge in [-0.2, -0.15) is 0 Å². The maximum atomic E-state index is 12.2. The molecule has 1 heterocycles. The Morgan fingerprint density at radius 1 is 1.12 bits per heavy atom. The van der Waals surface area contributed by atoms with E-state index in [0.29, 0.717) is 15.9 Å². The van der Waals surface area contributed by atoms with Crippen LogP contribution in [0.25, 0.3) is 5.69 Å². The average Bonchev–Trinajstić information content (AvgIpc) is 2.96. The van der Waals surface area contributed by atoms with E-state index in [-0.39, 0.29) is 11.7 Å². The molecule has 0 atom stereocenters. The number of thioether (sulfide) groups is 1. The summed E-state index contributed by atoms with van der Waals surface area (Å²) in [4.78, 5) is 12.2. The first kappa shape index (κ1) is 17.5. The van der Waals surface area contributed by atoms with Crippen molar-refractivity contribution in [3.05, 3.63) is 64.9 Å². The number of carbonyl (C=O) groups is 1. The molecule has 0 bridgehead atoms. The fraction of sp³-hybridized carbons (Fsp3) is 0.167. The van der Waals surface area contributed by atoms with E-state index in [1.165, 1.54) is 11.8 Å². The number of aryl methyl sites for hydroxylation is 2. The van der Waals surface area contributed by atoms with Gasteiger partial charge in [0.25, 0.3) is 0 Å². The van der Waals surface area contributed by atoms with E-state index in [0.717, 1.165) is 17.1 Å². The molecule has 0 saturated heterocycles. The number of halogens is 1. The minimum atomic E-state index is -0.107. The average molecular weight is 373 g/mol. The Morgan fingerprint density at radius 3 is 2.56 bits per heavy atom. The summed E-state index contributed by atoms with van der Waals surface area (Å²) in [6, 6.07) is 15.0. The monoisotopic (exact) mass is 372 g/mol. The lowest BCUT2D eigenvalue weighted by molar-refractivity contribution is -0.113. The van der Waals surface area contributed by atoms with Crippen molar-refractivity contribution in [3.63, 3.8) is 0 Å². The summed E-state index contributed by atoms with van der Waals surface area (Å²) in [6.07, 6.45) is 0. The summed E-state index contributed by atoms with van der Waals surface area (Å²) in [5.41, 5.74) is 2.86. The molecule has 0 aliphatic heterocycles. The highest BCUT2D eigenvalue weighted by Gasteiger charge is 2.14. The van der Waals surface area contributed by atoms with E-state index in [1.807, 2.05) is 42.7 Å². The highest BCUT2D eigenvalue weighted by molar-refractivity contribution is 7.99. The van der Waals surface area contributed by atoms with Crippen LogP contribution in [-0.4, -0.2) is 26.4 Å². The molecule has 7 heteroatoms. The molecule has 25 heavy (non-hydrogen) atoms. The smallest absolute Gasteiger partial charge is 0.234 e. The van der Waals surface area contributed by atoms with Gasteiger partial charge in [0, 0.05) is 10.7 Å². The largest absolute Gasteiger partial charge is 0.325 e. The molecule has 1 amide bonds. The van der Waals surface area contributed by atoms with E-state index in [4.69, 9.17) is 11.6 Å². The van der Waals surface area contributed by atoms with Gasteiger partial charge in [0.2, 0.25) is 5.91 Å². The first-order valence-electron chi connectivity index (χ1n) is 7.71. The Morgan fingerprint density at radius 2 is 1.84 bits per heavy atom. The van der Waals surface area contributed by atoms with Crippen molar-refractivity contribution in [2.45, 2.75) is 19.0 Å². The van der Waals surface area contributed by atoms with Gasteiger partial charge in [0.05, 0.1) is 11.4 Å². The SMILES string of the molecule is Cc1ccccc1-n1c(C)nnc1SCC(=O)Nc1ccc(Cl)cc1. The standard InChI is InChI=1S/C18H17ClN4OS/c1-12-5-3-4-6-16(12)23-13(2)21-22-18(23)25-11-17(24)20-15-9-7-14(19)8-10-15/h3-10H,11H2,1-2H3,(H,20,24). The van der Waals surface area contributed by atoms with Gasteiger partial charge in [-0.05, 0) is 49.7 Å². The van der Waals surface area contributed by atoms with Gasteiger partial charge in [-0.3, -0.25) is 9.36 Å². The van der Waals surface area contributed by atoms with Crippen LogP contribution in [0, 0.1) is 13.8 Å². The highest BCUT2D eigenvalue weighted by Crippen LogP contribution is 2.24. The number of rotatable bonds is 5. The quantitative estimate of drug-likeness (QED) is 0.679. The molecule has 1 N–H and O–H groups in total. The van der Waals surface area contributed by atoms with Crippen LogP contribution in [0.1, 0.15) is 11.4 Å². The predicted molar refractivity (Wildman–Crippen MR) is 102 cm³/mol. The maximum absolute atomic E-state index is 12.2. The van der Waals surface area contributed by atoms with Crippen LogP contribution in [0.4, 0.5) is 5.69 Å². The number of carbonyl (C=O) groups excluding carboxylic acids is 1. The van der Waals surface area contributed by atoms with Crippen LogP contribution in [0.15, 0.2) is 53.7 Å². The van der Waals surface area contributed by atoms with Crippen LogP contribution in [0.5, 0.6) is 0 Å². The van der Waals surface area contributed by atoms with Crippen LogP contribution in [-0.2, 0) is 4.79 Å². The summed E-state index contributed by atoms with van der Waals surface area (Å²) >= 11 is 7.20. The predicted octanol–water partition coefficient (Wildman–Crippen LogP) is 4.27. The van der Waals surface area contributed by atoms with Crippen molar-refractivity contribution < 1.29 is 4.79 Å². The number of amides is 1. The molecule has 0 aliphatic rings.